The number of aromatic nitrogens is 2. The van der Waals surface area contributed by atoms with Gasteiger partial charge < -0.3 is 24.1 Å². The topological polar surface area (TPSA) is 113 Å². The maximum Gasteiger partial charge on any atom is 0.340 e. The van der Waals surface area contributed by atoms with Crippen LogP contribution in [0.15, 0.2) is 40.9 Å². The van der Waals surface area contributed by atoms with Gasteiger partial charge in [-0.05, 0) is 37.1 Å². The van der Waals surface area contributed by atoms with Crippen molar-refractivity contribution in [3.8, 4) is 22.9 Å². The lowest BCUT2D eigenvalue weighted by Gasteiger charge is -2.22. The van der Waals surface area contributed by atoms with Gasteiger partial charge in [0.25, 0.3) is 5.89 Å². The summed E-state index contributed by atoms with van der Waals surface area (Å²) in [5, 5.41) is 6.69. The van der Waals surface area contributed by atoms with Crippen LogP contribution in [-0.2, 0) is 16.1 Å². The molecule has 0 spiro atoms. The molecule has 1 amide bonds. The van der Waals surface area contributed by atoms with Crippen LogP contribution >= 0.6 is 0 Å². The highest BCUT2D eigenvalue weighted by molar-refractivity contribution is 6.02. The molecule has 1 aliphatic carbocycles. The number of benzene rings is 2. The highest BCUT2D eigenvalue weighted by atomic mass is 19.1. The van der Waals surface area contributed by atoms with Crippen LogP contribution in [0.3, 0.4) is 0 Å². The van der Waals surface area contributed by atoms with Crippen molar-refractivity contribution in [1.29, 1.82) is 0 Å². The largest absolute Gasteiger partial charge is 0.493 e. The van der Waals surface area contributed by atoms with Gasteiger partial charge in [-0.2, -0.15) is 4.98 Å². The van der Waals surface area contributed by atoms with Gasteiger partial charge in [-0.15, -0.1) is 0 Å². The fourth-order valence-electron chi connectivity index (χ4n) is 3.99. The molecule has 0 aliphatic heterocycles. The Kier molecular flexibility index (Phi) is 7.59. The number of hydrogen-bond donors (Lipinski definition) is 1. The molecular weight excluding hydrogens is 457 g/mol. The first-order valence-electron chi connectivity index (χ1n) is 11.3. The second-order valence-electron chi connectivity index (χ2n) is 8.17. The molecule has 0 unspecified atom stereocenters. The van der Waals surface area contributed by atoms with Crippen molar-refractivity contribution in [3.63, 3.8) is 0 Å². The summed E-state index contributed by atoms with van der Waals surface area (Å²) in [7, 11) is 2.92. The van der Waals surface area contributed by atoms with Gasteiger partial charge >= 0.3 is 5.97 Å². The predicted molar refractivity (Wildman–Crippen MR) is 124 cm³/mol. The van der Waals surface area contributed by atoms with E-state index in [0.717, 1.165) is 32.1 Å². The van der Waals surface area contributed by atoms with Gasteiger partial charge in [-0.3, -0.25) is 4.79 Å². The lowest BCUT2D eigenvalue weighted by molar-refractivity contribution is -0.120. The number of halogens is 1. The zero-order valence-electron chi connectivity index (χ0n) is 19.5. The van der Waals surface area contributed by atoms with Crippen LogP contribution < -0.4 is 14.8 Å². The van der Waals surface area contributed by atoms with E-state index in [0.29, 0.717) is 17.1 Å². The molecule has 0 atom stereocenters. The van der Waals surface area contributed by atoms with Crippen LogP contribution in [0.1, 0.15) is 48.4 Å². The van der Waals surface area contributed by atoms with Crippen LogP contribution in [0.2, 0.25) is 0 Å². The number of amides is 1. The summed E-state index contributed by atoms with van der Waals surface area (Å²) in [5.74, 6) is -0.376. The van der Waals surface area contributed by atoms with Crippen molar-refractivity contribution in [3.05, 3.63) is 53.7 Å². The van der Waals surface area contributed by atoms with Gasteiger partial charge in [0.15, 0.2) is 18.1 Å². The molecule has 0 radical (unpaired) electrons. The molecular formula is C25H26FN3O6. The van der Waals surface area contributed by atoms with Crippen LogP contribution in [0.4, 0.5) is 10.1 Å². The lowest BCUT2D eigenvalue weighted by atomic mass is 9.88. The first-order chi connectivity index (χ1) is 17.0. The molecule has 1 saturated carbocycles. The quantitative estimate of drug-likeness (QED) is 0.456. The van der Waals surface area contributed by atoms with Gasteiger partial charge in [0.1, 0.15) is 5.82 Å². The third-order valence-electron chi connectivity index (χ3n) is 5.87. The Bertz CT molecular complexity index is 1190. The van der Waals surface area contributed by atoms with Crippen LogP contribution in [0.5, 0.6) is 11.5 Å². The highest BCUT2D eigenvalue weighted by Crippen LogP contribution is 2.35. The van der Waals surface area contributed by atoms with E-state index in [1.54, 1.807) is 0 Å². The number of esters is 1. The fourth-order valence-corrected chi connectivity index (χ4v) is 3.99. The number of methoxy groups -OCH3 is 2. The van der Waals surface area contributed by atoms with Crippen LogP contribution in [0, 0.1) is 11.7 Å². The summed E-state index contributed by atoms with van der Waals surface area (Å²) in [6, 6.07) is 8.59. The van der Waals surface area contributed by atoms with E-state index in [1.165, 1.54) is 50.6 Å². The van der Waals surface area contributed by atoms with Crippen LogP contribution in [-0.4, -0.2) is 36.2 Å². The minimum absolute atomic E-state index is 0.0611. The van der Waals surface area contributed by atoms with Crippen molar-refractivity contribution in [2.45, 2.75) is 38.7 Å². The number of rotatable bonds is 8. The minimum Gasteiger partial charge on any atom is -0.493 e. The van der Waals surface area contributed by atoms with Crippen molar-refractivity contribution < 1.29 is 32.7 Å². The van der Waals surface area contributed by atoms with E-state index < -0.39 is 5.97 Å². The molecule has 1 N–H and O–H groups in total. The number of nitrogens with one attached hydrogen (secondary N) is 1. The smallest absolute Gasteiger partial charge is 0.340 e. The van der Waals surface area contributed by atoms with E-state index in [2.05, 4.69) is 15.5 Å². The third-order valence-corrected chi connectivity index (χ3v) is 5.87. The molecule has 1 aromatic heterocycles. The molecule has 1 heterocycles. The molecule has 0 bridgehead atoms. The van der Waals surface area contributed by atoms with E-state index >= 15 is 0 Å². The van der Waals surface area contributed by atoms with Crippen molar-refractivity contribution >= 4 is 17.6 Å². The summed E-state index contributed by atoms with van der Waals surface area (Å²) < 4.78 is 34.3. The summed E-state index contributed by atoms with van der Waals surface area (Å²) in [6.07, 6.45) is 4.75. The normalized spacial score (nSPS) is 13.8. The summed E-state index contributed by atoms with van der Waals surface area (Å²) >= 11 is 0. The van der Waals surface area contributed by atoms with Crippen molar-refractivity contribution in [1.82, 2.24) is 10.1 Å². The van der Waals surface area contributed by atoms with Crippen LogP contribution in [0.25, 0.3) is 11.4 Å². The second-order valence-corrected chi connectivity index (χ2v) is 8.17. The van der Waals surface area contributed by atoms with Gasteiger partial charge in [0.05, 0.1) is 25.5 Å². The second kappa shape index (κ2) is 11.0. The summed E-state index contributed by atoms with van der Waals surface area (Å²) in [4.78, 5) is 30.0. The third kappa shape index (κ3) is 5.76. The van der Waals surface area contributed by atoms with Gasteiger partial charge in [-0.25, -0.2) is 9.18 Å². The Morgan fingerprint density at radius 3 is 2.43 bits per heavy atom. The molecule has 9 nitrogen and oxygen atoms in total. The Labute approximate surface area is 201 Å². The lowest BCUT2D eigenvalue weighted by Crippen LogP contribution is -2.26. The van der Waals surface area contributed by atoms with E-state index in [1.807, 2.05) is 0 Å². The van der Waals surface area contributed by atoms with E-state index in [9.17, 15) is 14.0 Å². The minimum atomic E-state index is -0.716. The number of carbonyl (C=O) groups excluding carboxylic acids is 2. The number of nitrogens with zero attached hydrogens (tertiary/aromatic N) is 2. The van der Waals surface area contributed by atoms with Gasteiger partial charge in [-0.1, -0.05) is 24.4 Å². The molecule has 35 heavy (non-hydrogen) atoms. The summed E-state index contributed by atoms with van der Waals surface area (Å²) in [5.41, 5.74) is 0.922. The molecule has 2 aromatic carbocycles. The maximum absolute atomic E-state index is 13.1. The first kappa shape index (κ1) is 24.2. The van der Waals surface area contributed by atoms with Gasteiger partial charge in [0.2, 0.25) is 11.7 Å². The number of anilines is 1. The number of carbonyl (C=O) groups is 2. The average Bonchev–Trinajstić information content (AvgIpc) is 3.37. The monoisotopic (exact) mass is 483 g/mol. The van der Waals surface area contributed by atoms with Gasteiger partial charge in [0, 0.05) is 23.6 Å². The first-order valence-corrected chi connectivity index (χ1v) is 11.3. The Morgan fingerprint density at radius 1 is 1.06 bits per heavy atom. The highest BCUT2D eigenvalue weighted by Gasteiger charge is 2.25. The Balaban J connectivity index is 1.50. The molecule has 4 rings (SSSR count). The van der Waals surface area contributed by atoms with E-state index in [4.69, 9.17) is 18.7 Å². The average molecular weight is 483 g/mol. The molecule has 1 aliphatic rings. The Morgan fingerprint density at radius 2 is 1.74 bits per heavy atom. The Hall–Kier alpha value is -3.95. The molecule has 1 fully saturated rings. The zero-order chi connectivity index (χ0) is 24.8. The fraction of sp³-hybridized carbons (Fsp3) is 0.360. The SMILES string of the molecule is COc1cc(NC(=O)C2CCCCC2)c(C(=O)OCc2nc(-c3ccc(F)cc3)no2)cc1OC. The zero-order valence-corrected chi connectivity index (χ0v) is 19.5. The predicted octanol–water partition coefficient (Wildman–Crippen LogP) is 4.77. The molecule has 0 saturated heterocycles. The number of hydrogen-bond acceptors (Lipinski definition) is 8. The van der Waals surface area contributed by atoms with E-state index in [-0.39, 0.29) is 47.2 Å². The maximum atomic E-state index is 13.1. The van der Waals surface area contributed by atoms with Crippen molar-refractivity contribution in [2.24, 2.45) is 5.92 Å². The molecule has 3 aromatic rings. The molecule has 10 heteroatoms. The van der Waals surface area contributed by atoms with Crippen molar-refractivity contribution in [2.75, 3.05) is 19.5 Å². The summed E-state index contributed by atoms with van der Waals surface area (Å²) in [6.45, 7) is -0.294. The number of ether oxygens (including phenoxy) is 3. The standard InChI is InChI=1S/C25H26FN3O6/c1-32-20-12-18(19(13-21(20)33-2)27-24(30)16-6-4-3-5-7-16)25(31)34-14-22-28-23(29-35-22)15-8-10-17(26)11-9-15/h8-13,16H,3-7,14H2,1-2H3,(H,27,30). The molecule has 184 valence electrons.